The predicted molar refractivity (Wildman–Crippen MR) is 87.0 cm³/mol. The molecule has 7 heteroatoms. The van der Waals surface area contributed by atoms with Crippen molar-refractivity contribution in [2.75, 3.05) is 30.4 Å². The molecule has 1 rings (SSSR count). The summed E-state index contributed by atoms with van der Waals surface area (Å²) in [6, 6.07) is 5.01. The highest BCUT2D eigenvalue weighted by molar-refractivity contribution is 7.98. The van der Waals surface area contributed by atoms with Crippen LogP contribution < -0.4 is 10.6 Å². The number of thioether (sulfide) groups is 1. The van der Waals surface area contributed by atoms with E-state index in [0.717, 1.165) is 0 Å². The van der Waals surface area contributed by atoms with Gasteiger partial charge in [0.1, 0.15) is 0 Å². The summed E-state index contributed by atoms with van der Waals surface area (Å²) < 4.78 is 0. The van der Waals surface area contributed by atoms with Gasteiger partial charge in [0, 0.05) is 12.3 Å². The number of carbonyl (C=O) groups is 1. The third kappa shape index (κ3) is 5.89. The van der Waals surface area contributed by atoms with Crippen LogP contribution in [0.15, 0.2) is 18.2 Å². The van der Waals surface area contributed by atoms with Gasteiger partial charge >= 0.3 is 0 Å². The number of aliphatic hydroxyl groups is 1. The van der Waals surface area contributed by atoms with Crippen LogP contribution in [0.3, 0.4) is 0 Å². The zero-order chi connectivity index (χ0) is 15.2. The number of benzene rings is 1. The van der Waals surface area contributed by atoms with Gasteiger partial charge in [-0.3, -0.25) is 4.79 Å². The Morgan fingerprint density at radius 2 is 2.00 bits per heavy atom. The molecule has 0 fully saturated rings. The molecule has 0 radical (unpaired) electrons. The van der Waals surface area contributed by atoms with Gasteiger partial charge in [0.2, 0.25) is 5.91 Å². The highest BCUT2D eigenvalue weighted by atomic mass is 35.5. The van der Waals surface area contributed by atoms with Crippen LogP contribution in [0.5, 0.6) is 0 Å². The monoisotopic (exact) mass is 336 g/mol. The van der Waals surface area contributed by atoms with Gasteiger partial charge in [-0.05, 0) is 25.3 Å². The summed E-state index contributed by atoms with van der Waals surface area (Å²) in [7, 11) is 0. The first kappa shape index (κ1) is 17.6. The van der Waals surface area contributed by atoms with Crippen LogP contribution >= 0.6 is 35.0 Å². The van der Waals surface area contributed by atoms with Crippen molar-refractivity contribution in [3.05, 3.63) is 28.2 Å². The zero-order valence-corrected chi connectivity index (χ0v) is 13.7. The lowest BCUT2D eigenvalue weighted by atomic mass is 10.1. The zero-order valence-electron chi connectivity index (χ0n) is 11.4. The fraction of sp³-hybridized carbons (Fsp3) is 0.462. The highest BCUT2D eigenvalue weighted by Crippen LogP contribution is 2.29. The van der Waals surface area contributed by atoms with Gasteiger partial charge in [0.05, 0.1) is 27.9 Å². The molecule has 1 aromatic carbocycles. The summed E-state index contributed by atoms with van der Waals surface area (Å²) in [6.45, 7) is 2.13. The van der Waals surface area contributed by atoms with Crippen molar-refractivity contribution in [2.45, 2.75) is 12.5 Å². The second-order valence-electron chi connectivity index (χ2n) is 4.68. The Bertz CT molecular complexity index is 449. The number of hydrogen-bond acceptors (Lipinski definition) is 4. The highest BCUT2D eigenvalue weighted by Gasteiger charge is 2.19. The van der Waals surface area contributed by atoms with Crippen LogP contribution in [-0.2, 0) is 4.79 Å². The van der Waals surface area contributed by atoms with Crippen molar-refractivity contribution < 1.29 is 9.90 Å². The third-order valence-corrected chi connectivity index (χ3v) is 4.01. The molecule has 112 valence electrons. The Kier molecular flexibility index (Phi) is 7.12. The maximum atomic E-state index is 11.8. The fourth-order valence-corrected chi connectivity index (χ4v) is 2.82. The Balaban J connectivity index is 2.45. The van der Waals surface area contributed by atoms with E-state index in [2.05, 4.69) is 10.6 Å². The van der Waals surface area contributed by atoms with Crippen LogP contribution in [-0.4, -0.2) is 41.7 Å². The van der Waals surface area contributed by atoms with E-state index in [-0.39, 0.29) is 12.5 Å². The minimum atomic E-state index is -0.846. The van der Waals surface area contributed by atoms with Gasteiger partial charge in [0.15, 0.2) is 0 Å². The van der Waals surface area contributed by atoms with Gasteiger partial charge in [-0.15, -0.1) is 0 Å². The molecule has 0 spiro atoms. The van der Waals surface area contributed by atoms with E-state index in [1.165, 1.54) is 0 Å². The van der Waals surface area contributed by atoms with Crippen molar-refractivity contribution in [3.63, 3.8) is 0 Å². The van der Waals surface area contributed by atoms with Crippen LogP contribution in [0, 0.1) is 0 Å². The van der Waals surface area contributed by atoms with E-state index < -0.39 is 5.60 Å². The van der Waals surface area contributed by atoms with Crippen molar-refractivity contribution in [3.8, 4) is 0 Å². The molecule has 1 unspecified atom stereocenters. The number of anilines is 1. The second kappa shape index (κ2) is 8.10. The first-order chi connectivity index (χ1) is 9.35. The van der Waals surface area contributed by atoms with E-state index in [4.69, 9.17) is 23.2 Å². The minimum absolute atomic E-state index is 0.0755. The number of carbonyl (C=O) groups excluding carboxylic acids is 1. The molecule has 0 saturated heterocycles. The molecular formula is C13H18Cl2N2O2S. The quantitative estimate of drug-likeness (QED) is 0.716. The Hall–Kier alpha value is -0.460. The molecule has 1 aromatic rings. The maximum absolute atomic E-state index is 11.8. The van der Waals surface area contributed by atoms with Crippen molar-refractivity contribution >= 4 is 46.6 Å². The third-order valence-electron chi connectivity index (χ3n) is 2.47. The molecule has 3 N–H and O–H groups in total. The number of rotatable bonds is 7. The molecular weight excluding hydrogens is 319 g/mol. The van der Waals surface area contributed by atoms with E-state index in [9.17, 15) is 9.90 Å². The molecule has 0 aliphatic heterocycles. The number of halogens is 2. The molecule has 0 saturated carbocycles. The van der Waals surface area contributed by atoms with E-state index in [1.807, 2.05) is 6.26 Å². The SMILES string of the molecule is CSCC(C)(O)CNCC(=O)Nc1c(Cl)cccc1Cl. The fourth-order valence-electron chi connectivity index (χ4n) is 1.61. The molecule has 0 bridgehead atoms. The standard InChI is InChI=1S/C13H18Cl2N2O2S/c1-13(19,8-20-2)7-16-6-11(18)17-12-9(14)4-3-5-10(12)15/h3-5,16,19H,6-8H2,1-2H3,(H,17,18). The molecule has 0 heterocycles. The molecule has 4 nitrogen and oxygen atoms in total. The Morgan fingerprint density at radius 3 is 2.55 bits per heavy atom. The predicted octanol–water partition coefficient (Wildman–Crippen LogP) is 2.64. The number of hydrogen-bond donors (Lipinski definition) is 3. The molecule has 20 heavy (non-hydrogen) atoms. The summed E-state index contributed by atoms with van der Waals surface area (Å²) >= 11 is 13.5. The van der Waals surface area contributed by atoms with Crippen molar-refractivity contribution in [2.24, 2.45) is 0 Å². The summed E-state index contributed by atoms with van der Waals surface area (Å²) in [6.07, 6.45) is 1.92. The lowest BCUT2D eigenvalue weighted by Gasteiger charge is -2.22. The lowest BCUT2D eigenvalue weighted by molar-refractivity contribution is -0.115. The second-order valence-corrected chi connectivity index (χ2v) is 6.36. The minimum Gasteiger partial charge on any atom is -0.388 e. The lowest BCUT2D eigenvalue weighted by Crippen LogP contribution is -2.42. The van der Waals surface area contributed by atoms with Crippen LogP contribution in [0.25, 0.3) is 0 Å². The average molecular weight is 337 g/mol. The van der Waals surface area contributed by atoms with Gasteiger partial charge in [0.25, 0.3) is 0 Å². The van der Waals surface area contributed by atoms with E-state index >= 15 is 0 Å². The summed E-state index contributed by atoms with van der Waals surface area (Å²) in [5.74, 6) is 0.331. The van der Waals surface area contributed by atoms with Crippen LogP contribution in [0.1, 0.15) is 6.92 Å². The summed E-state index contributed by atoms with van der Waals surface area (Å²) in [4.78, 5) is 11.8. The van der Waals surface area contributed by atoms with Crippen molar-refractivity contribution in [1.82, 2.24) is 5.32 Å². The summed E-state index contributed by atoms with van der Waals surface area (Å²) in [5, 5.41) is 16.3. The van der Waals surface area contributed by atoms with Gasteiger partial charge in [-0.2, -0.15) is 11.8 Å². The summed E-state index contributed by atoms with van der Waals surface area (Å²) in [5.41, 5.74) is -0.444. The topological polar surface area (TPSA) is 61.4 Å². The van der Waals surface area contributed by atoms with Crippen LogP contribution in [0.2, 0.25) is 10.0 Å². The first-order valence-corrected chi connectivity index (χ1v) is 8.16. The molecule has 1 atom stereocenters. The normalized spacial score (nSPS) is 13.8. The molecule has 0 aliphatic carbocycles. The van der Waals surface area contributed by atoms with Gasteiger partial charge in [-0.1, -0.05) is 29.3 Å². The number of nitrogens with one attached hydrogen (secondary N) is 2. The Labute approximate surface area is 133 Å². The first-order valence-electron chi connectivity index (χ1n) is 6.01. The number of amides is 1. The Morgan fingerprint density at radius 1 is 1.40 bits per heavy atom. The molecule has 1 amide bonds. The maximum Gasteiger partial charge on any atom is 0.238 e. The molecule has 0 aromatic heterocycles. The van der Waals surface area contributed by atoms with Gasteiger partial charge in [-0.25, -0.2) is 0 Å². The van der Waals surface area contributed by atoms with E-state index in [0.29, 0.717) is 28.0 Å². The van der Waals surface area contributed by atoms with Crippen LogP contribution in [0.4, 0.5) is 5.69 Å². The smallest absolute Gasteiger partial charge is 0.238 e. The largest absolute Gasteiger partial charge is 0.388 e. The van der Waals surface area contributed by atoms with E-state index in [1.54, 1.807) is 36.9 Å². The number of para-hydroxylation sites is 1. The molecule has 0 aliphatic rings. The van der Waals surface area contributed by atoms with Crippen molar-refractivity contribution in [1.29, 1.82) is 0 Å². The van der Waals surface area contributed by atoms with Gasteiger partial charge < -0.3 is 15.7 Å². The average Bonchev–Trinajstić information content (AvgIpc) is 2.33.